The lowest BCUT2D eigenvalue weighted by molar-refractivity contribution is -0.385. The largest absolute Gasteiger partial charge is 0.353 e. The van der Waals surface area contributed by atoms with E-state index in [1.165, 1.54) is 0 Å². The number of aromatic amines is 1. The van der Waals surface area contributed by atoms with Gasteiger partial charge in [-0.3, -0.25) is 19.7 Å². The smallest absolute Gasteiger partial charge is 0.293 e. The highest BCUT2D eigenvalue weighted by molar-refractivity contribution is 6.35. The Kier molecular flexibility index (Phi) is 5.36. The van der Waals surface area contributed by atoms with E-state index >= 15 is 0 Å². The number of amides is 2. The van der Waals surface area contributed by atoms with Crippen LogP contribution in [-0.4, -0.2) is 21.7 Å². The van der Waals surface area contributed by atoms with Gasteiger partial charge < -0.3 is 15.6 Å². The average Bonchev–Trinajstić information content (AvgIpc) is 3.23. The Morgan fingerprint density at radius 2 is 1.88 bits per heavy atom. The van der Waals surface area contributed by atoms with Gasteiger partial charge in [-0.15, -0.1) is 0 Å². The van der Waals surface area contributed by atoms with Crippen molar-refractivity contribution in [2.45, 2.75) is 26.8 Å². The molecule has 2 amide bonds. The monoisotopic (exact) mass is 430 g/mol. The molecule has 0 spiro atoms. The summed E-state index contributed by atoms with van der Waals surface area (Å²) in [5, 5.41) is 17.1. The number of rotatable bonds is 5. The lowest BCUT2D eigenvalue weighted by Crippen LogP contribution is -2.26. The van der Waals surface area contributed by atoms with Gasteiger partial charge in [0.1, 0.15) is 0 Å². The first-order valence-corrected chi connectivity index (χ1v) is 10.1. The number of nitro groups is 1. The van der Waals surface area contributed by atoms with E-state index in [1.807, 2.05) is 37.3 Å². The van der Waals surface area contributed by atoms with Gasteiger partial charge >= 0.3 is 0 Å². The Morgan fingerprint density at radius 3 is 2.53 bits per heavy atom. The highest BCUT2D eigenvalue weighted by Crippen LogP contribution is 2.36. The zero-order valence-electron chi connectivity index (χ0n) is 17.9. The average molecular weight is 430 g/mol. The number of nitrogens with one attached hydrogen (secondary N) is 3. The SMILES string of the molecule is Cc1[nH]c(C=C2C(=O)Nc3ccc(C(=O)NC(C)c4ccccc4)cc32)c(C)c1[N+](=O)[O-]. The van der Waals surface area contributed by atoms with Gasteiger partial charge in [-0.25, -0.2) is 0 Å². The van der Waals surface area contributed by atoms with E-state index in [2.05, 4.69) is 15.6 Å². The van der Waals surface area contributed by atoms with Crippen molar-refractivity contribution in [3.8, 4) is 0 Å². The number of fused-ring (bicyclic) bond motifs is 1. The third kappa shape index (κ3) is 3.78. The van der Waals surface area contributed by atoms with Crippen LogP contribution in [0.4, 0.5) is 11.4 Å². The Morgan fingerprint density at radius 1 is 1.16 bits per heavy atom. The second-order valence-electron chi connectivity index (χ2n) is 7.77. The zero-order chi connectivity index (χ0) is 23.0. The molecule has 2 heterocycles. The van der Waals surface area contributed by atoms with Crippen molar-refractivity contribution in [3.63, 3.8) is 0 Å². The number of aromatic nitrogens is 1. The Hall–Kier alpha value is -4.20. The second kappa shape index (κ2) is 8.14. The highest BCUT2D eigenvalue weighted by Gasteiger charge is 2.27. The van der Waals surface area contributed by atoms with Crippen LogP contribution in [0.1, 0.15) is 51.4 Å². The fourth-order valence-corrected chi connectivity index (χ4v) is 3.90. The molecule has 0 saturated carbocycles. The number of hydrogen-bond acceptors (Lipinski definition) is 4. The molecule has 1 aliphatic rings. The van der Waals surface area contributed by atoms with E-state index in [0.717, 1.165) is 5.56 Å². The molecule has 8 heteroatoms. The van der Waals surface area contributed by atoms with Crippen LogP contribution in [0.25, 0.3) is 11.6 Å². The van der Waals surface area contributed by atoms with Crippen LogP contribution in [0.2, 0.25) is 0 Å². The number of H-pyrrole nitrogens is 1. The van der Waals surface area contributed by atoms with Crippen molar-refractivity contribution < 1.29 is 14.5 Å². The van der Waals surface area contributed by atoms with Crippen LogP contribution in [0.15, 0.2) is 48.5 Å². The molecule has 0 aliphatic carbocycles. The van der Waals surface area contributed by atoms with Crippen molar-refractivity contribution >= 4 is 34.8 Å². The van der Waals surface area contributed by atoms with Crippen LogP contribution < -0.4 is 10.6 Å². The molecule has 1 unspecified atom stereocenters. The molecule has 1 atom stereocenters. The van der Waals surface area contributed by atoms with Crippen LogP contribution in [0.5, 0.6) is 0 Å². The van der Waals surface area contributed by atoms with Gasteiger partial charge in [-0.05, 0) is 50.6 Å². The molecule has 0 fully saturated rings. The predicted octanol–water partition coefficient (Wildman–Crippen LogP) is 4.52. The molecule has 1 aliphatic heterocycles. The number of anilines is 1. The van der Waals surface area contributed by atoms with Gasteiger partial charge in [0.05, 0.1) is 27.8 Å². The molecule has 0 bridgehead atoms. The molecular weight excluding hydrogens is 408 g/mol. The third-order valence-electron chi connectivity index (χ3n) is 5.62. The summed E-state index contributed by atoms with van der Waals surface area (Å²) in [5.41, 5.74) is 4.25. The van der Waals surface area contributed by atoms with Gasteiger partial charge in [-0.1, -0.05) is 30.3 Å². The summed E-state index contributed by atoms with van der Waals surface area (Å²) in [6.07, 6.45) is 1.59. The second-order valence-corrected chi connectivity index (χ2v) is 7.77. The molecule has 4 rings (SSSR count). The van der Waals surface area contributed by atoms with Crippen LogP contribution in [0, 0.1) is 24.0 Å². The zero-order valence-corrected chi connectivity index (χ0v) is 17.9. The first kappa shape index (κ1) is 21.0. The van der Waals surface area contributed by atoms with Gasteiger partial charge in [0.2, 0.25) is 0 Å². The van der Waals surface area contributed by atoms with Crippen LogP contribution in [-0.2, 0) is 4.79 Å². The van der Waals surface area contributed by atoms with Crippen molar-refractivity contribution in [2.24, 2.45) is 0 Å². The van der Waals surface area contributed by atoms with Gasteiger partial charge in [-0.2, -0.15) is 0 Å². The lowest BCUT2D eigenvalue weighted by Gasteiger charge is -2.14. The molecule has 162 valence electrons. The lowest BCUT2D eigenvalue weighted by atomic mass is 10.0. The maximum absolute atomic E-state index is 12.8. The summed E-state index contributed by atoms with van der Waals surface area (Å²) in [4.78, 5) is 39.3. The molecule has 0 saturated heterocycles. The summed E-state index contributed by atoms with van der Waals surface area (Å²) in [6.45, 7) is 5.16. The fourth-order valence-electron chi connectivity index (χ4n) is 3.90. The minimum atomic E-state index is -0.442. The first-order chi connectivity index (χ1) is 15.3. The molecule has 0 radical (unpaired) electrons. The molecule has 8 nitrogen and oxygen atoms in total. The van der Waals surface area contributed by atoms with E-state index in [-0.39, 0.29) is 23.5 Å². The molecule has 32 heavy (non-hydrogen) atoms. The maximum Gasteiger partial charge on any atom is 0.293 e. The van der Waals surface area contributed by atoms with Crippen molar-refractivity contribution in [1.82, 2.24) is 10.3 Å². The third-order valence-corrected chi connectivity index (χ3v) is 5.62. The summed E-state index contributed by atoms with van der Waals surface area (Å²) in [7, 11) is 0. The molecule has 2 aromatic carbocycles. The number of carbonyl (C=O) groups excluding carboxylic acids is 2. The molecule has 1 aromatic heterocycles. The maximum atomic E-state index is 12.8. The van der Waals surface area contributed by atoms with Gasteiger partial charge in [0.15, 0.2) is 0 Å². The molecule has 3 aromatic rings. The van der Waals surface area contributed by atoms with Crippen LogP contribution >= 0.6 is 0 Å². The Bertz CT molecular complexity index is 1270. The minimum absolute atomic E-state index is 0.00138. The standard InChI is InChI=1S/C24H22N4O4/c1-13-21(25-15(3)22(13)28(31)32)12-19-18-11-17(9-10-20(18)27-24(19)30)23(29)26-14(2)16-7-5-4-6-8-16/h4-12,14,25H,1-3H3,(H,26,29)(H,27,30). The summed E-state index contributed by atoms with van der Waals surface area (Å²) in [6, 6.07) is 14.4. The van der Waals surface area contributed by atoms with Crippen molar-refractivity contribution in [3.05, 3.63) is 92.3 Å². The van der Waals surface area contributed by atoms with Gasteiger partial charge in [0, 0.05) is 22.5 Å². The van der Waals surface area contributed by atoms with E-state index < -0.39 is 4.92 Å². The van der Waals surface area contributed by atoms with Crippen LogP contribution in [0.3, 0.4) is 0 Å². The number of aryl methyl sites for hydroxylation is 1. The molecular formula is C24H22N4O4. The minimum Gasteiger partial charge on any atom is -0.353 e. The summed E-state index contributed by atoms with van der Waals surface area (Å²) >= 11 is 0. The Balaban J connectivity index is 1.66. The van der Waals surface area contributed by atoms with E-state index in [1.54, 1.807) is 38.1 Å². The first-order valence-electron chi connectivity index (χ1n) is 10.1. The van der Waals surface area contributed by atoms with Gasteiger partial charge in [0.25, 0.3) is 17.5 Å². The topological polar surface area (TPSA) is 117 Å². The molecule has 3 N–H and O–H groups in total. The number of hydrogen-bond donors (Lipinski definition) is 3. The summed E-state index contributed by atoms with van der Waals surface area (Å²) in [5.74, 6) is -0.588. The Labute approximate surface area is 184 Å². The summed E-state index contributed by atoms with van der Waals surface area (Å²) < 4.78 is 0. The predicted molar refractivity (Wildman–Crippen MR) is 122 cm³/mol. The number of benzene rings is 2. The number of carbonyl (C=O) groups is 2. The van der Waals surface area contributed by atoms with Crippen molar-refractivity contribution in [2.75, 3.05) is 5.32 Å². The van der Waals surface area contributed by atoms with E-state index in [4.69, 9.17) is 0 Å². The normalized spacial score (nSPS) is 14.7. The highest BCUT2D eigenvalue weighted by atomic mass is 16.6. The van der Waals surface area contributed by atoms with Crippen molar-refractivity contribution in [1.29, 1.82) is 0 Å². The van der Waals surface area contributed by atoms with E-state index in [9.17, 15) is 19.7 Å². The van der Waals surface area contributed by atoms with E-state index in [0.29, 0.717) is 39.3 Å². The number of nitrogens with zero attached hydrogens (tertiary/aromatic N) is 1. The fraction of sp³-hybridized carbons (Fsp3) is 0.167. The quantitative estimate of drug-likeness (QED) is 0.313.